The summed E-state index contributed by atoms with van der Waals surface area (Å²) in [4.78, 5) is 34.1. The van der Waals surface area contributed by atoms with Gasteiger partial charge in [-0.15, -0.1) is 0 Å². The van der Waals surface area contributed by atoms with Crippen molar-refractivity contribution in [1.82, 2.24) is 10.6 Å². The molecule has 132 valence electrons. The first-order valence-corrected chi connectivity index (χ1v) is 7.74. The second-order valence-corrected chi connectivity index (χ2v) is 5.82. The fourth-order valence-corrected chi connectivity index (χ4v) is 2.11. The molecular weight excluding hydrogens is 312 g/mol. The lowest BCUT2D eigenvalue weighted by atomic mass is 10.1. The Kier molecular flexibility index (Phi) is 7.23. The SMILES string of the molecule is Cc1cc(C(=O)NCCNC(=O)C(C)C)cc(C)c1OCC(=O)O. The van der Waals surface area contributed by atoms with E-state index in [9.17, 15) is 14.4 Å². The van der Waals surface area contributed by atoms with Gasteiger partial charge in [0.05, 0.1) is 0 Å². The second-order valence-electron chi connectivity index (χ2n) is 5.82. The molecule has 0 spiro atoms. The number of carboxylic acid groups (broad SMARTS) is 1. The van der Waals surface area contributed by atoms with Crippen LogP contribution < -0.4 is 15.4 Å². The van der Waals surface area contributed by atoms with E-state index in [-0.39, 0.29) is 17.7 Å². The van der Waals surface area contributed by atoms with Crippen molar-refractivity contribution in [2.24, 2.45) is 5.92 Å². The molecule has 0 radical (unpaired) electrons. The lowest BCUT2D eigenvalue weighted by Gasteiger charge is -2.13. The van der Waals surface area contributed by atoms with Crippen LogP contribution in [-0.4, -0.2) is 42.6 Å². The number of amides is 2. The summed E-state index contributed by atoms with van der Waals surface area (Å²) in [6, 6.07) is 3.29. The summed E-state index contributed by atoms with van der Waals surface area (Å²) in [5.74, 6) is -0.998. The van der Waals surface area contributed by atoms with Crippen molar-refractivity contribution in [2.45, 2.75) is 27.7 Å². The molecule has 3 N–H and O–H groups in total. The number of hydrogen-bond acceptors (Lipinski definition) is 4. The maximum atomic E-state index is 12.1. The Morgan fingerprint density at radius 2 is 1.62 bits per heavy atom. The monoisotopic (exact) mass is 336 g/mol. The van der Waals surface area contributed by atoms with Gasteiger partial charge in [0.15, 0.2) is 6.61 Å². The summed E-state index contributed by atoms with van der Waals surface area (Å²) in [5, 5.41) is 14.1. The van der Waals surface area contributed by atoms with Crippen molar-refractivity contribution in [2.75, 3.05) is 19.7 Å². The van der Waals surface area contributed by atoms with E-state index in [4.69, 9.17) is 9.84 Å². The number of carbonyl (C=O) groups is 3. The molecule has 0 bridgehead atoms. The molecule has 7 heteroatoms. The first-order chi connectivity index (χ1) is 11.2. The van der Waals surface area contributed by atoms with Gasteiger partial charge < -0.3 is 20.5 Å². The quantitative estimate of drug-likeness (QED) is 0.620. The maximum Gasteiger partial charge on any atom is 0.341 e. The normalized spacial score (nSPS) is 10.4. The molecule has 0 atom stereocenters. The Labute approximate surface area is 141 Å². The fourth-order valence-electron chi connectivity index (χ4n) is 2.11. The smallest absolute Gasteiger partial charge is 0.341 e. The van der Waals surface area contributed by atoms with E-state index in [0.29, 0.717) is 35.5 Å². The van der Waals surface area contributed by atoms with Gasteiger partial charge in [0, 0.05) is 24.6 Å². The molecule has 0 saturated heterocycles. The molecule has 0 unspecified atom stereocenters. The highest BCUT2D eigenvalue weighted by molar-refractivity contribution is 5.95. The minimum Gasteiger partial charge on any atom is -0.481 e. The van der Waals surface area contributed by atoms with E-state index in [1.165, 1.54) is 0 Å². The third-order valence-electron chi connectivity index (χ3n) is 3.30. The Morgan fingerprint density at radius 1 is 1.08 bits per heavy atom. The molecule has 24 heavy (non-hydrogen) atoms. The van der Waals surface area contributed by atoms with Crippen LogP contribution in [0.3, 0.4) is 0 Å². The van der Waals surface area contributed by atoms with Crippen LogP contribution in [-0.2, 0) is 9.59 Å². The number of carboxylic acids is 1. The van der Waals surface area contributed by atoms with Crippen molar-refractivity contribution >= 4 is 17.8 Å². The molecule has 0 aliphatic carbocycles. The number of benzene rings is 1. The van der Waals surface area contributed by atoms with Crippen molar-refractivity contribution in [3.8, 4) is 5.75 Å². The molecule has 7 nitrogen and oxygen atoms in total. The molecule has 2 amide bonds. The molecule has 0 heterocycles. The van der Waals surface area contributed by atoms with Gasteiger partial charge >= 0.3 is 5.97 Å². The van der Waals surface area contributed by atoms with E-state index in [0.717, 1.165) is 0 Å². The van der Waals surface area contributed by atoms with Crippen LogP contribution in [0.2, 0.25) is 0 Å². The van der Waals surface area contributed by atoms with Crippen LogP contribution in [0.15, 0.2) is 12.1 Å². The number of aryl methyl sites for hydroxylation is 2. The summed E-state index contributed by atoms with van der Waals surface area (Å²) in [6.07, 6.45) is 0. The number of ether oxygens (including phenoxy) is 1. The van der Waals surface area contributed by atoms with E-state index >= 15 is 0 Å². The predicted molar refractivity (Wildman–Crippen MR) is 89.2 cm³/mol. The summed E-state index contributed by atoms with van der Waals surface area (Å²) >= 11 is 0. The molecule has 0 aromatic heterocycles. The highest BCUT2D eigenvalue weighted by atomic mass is 16.5. The third-order valence-corrected chi connectivity index (χ3v) is 3.30. The van der Waals surface area contributed by atoms with Crippen LogP contribution in [0.25, 0.3) is 0 Å². The van der Waals surface area contributed by atoms with Crippen molar-refractivity contribution in [1.29, 1.82) is 0 Å². The number of aliphatic carboxylic acids is 1. The largest absolute Gasteiger partial charge is 0.481 e. The highest BCUT2D eigenvalue weighted by Gasteiger charge is 2.13. The zero-order chi connectivity index (χ0) is 18.3. The van der Waals surface area contributed by atoms with Gasteiger partial charge in [0.1, 0.15) is 5.75 Å². The van der Waals surface area contributed by atoms with Gasteiger partial charge in [-0.2, -0.15) is 0 Å². The predicted octanol–water partition coefficient (Wildman–Crippen LogP) is 1.27. The van der Waals surface area contributed by atoms with Crippen molar-refractivity contribution in [3.05, 3.63) is 28.8 Å². The topological polar surface area (TPSA) is 105 Å². The lowest BCUT2D eigenvalue weighted by molar-refractivity contribution is -0.139. The second kappa shape index (κ2) is 8.90. The van der Waals surface area contributed by atoms with Crippen LogP contribution in [0.5, 0.6) is 5.75 Å². The molecule has 0 aliphatic rings. The van der Waals surface area contributed by atoms with Crippen LogP contribution in [0.4, 0.5) is 0 Å². The molecular formula is C17H24N2O5. The Bertz CT molecular complexity index is 602. The van der Waals surface area contributed by atoms with Crippen LogP contribution >= 0.6 is 0 Å². The number of carbonyl (C=O) groups excluding carboxylic acids is 2. The van der Waals surface area contributed by atoms with E-state index in [1.54, 1.807) is 39.8 Å². The molecule has 0 aliphatic heterocycles. The number of rotatable bonds is 8. The summed E-state index contributed by atoms with van der Waals surface area (Å²) < 4.78 is 5.23. The Balaban J connectivity index is 2.62. The van der Waals surface area contributed by atoms with Crippen LogP contribution in [0.1, 0.15) is 35.3 Å². The minimum atomic E-state index is -1.06. The Morgan fingerprint density at radius 3 is 2.12 bits per heavy atom. The summed E-state index contributed by atoms with van der Waals surface area (Å²) in [6.45, 7) is 7.37. The summed E-state index contributed by atoms with van der Waals surface area (Å²) in [5.41, 5.74) is 1.84. The molecule has 1 rings (SSSR count). The van der Waals surface area contributed by atoms with Crippen molar-refractivity contribution in [3.63, 3.8) is 0 Å². The maximum absolute atomic E-state index is 12.1. The average Bonchev–Trinajstić information content (AvgIpc) is 2.49. The van der Waals surface area contributed by atoms with Gasteiger partial charge in [-0.3, -0.25) is 9.59 Å². The van der Waals surface area contributed by atoms with Gasteiger partial charge in [-0.25, -0.2) is 4.79 Å². The van der Waals surface area contributed by atoms with Gasteiger partial charge in [-0.05, 0) is 37.1 Å². The first-order valence-electron chi connectivity index (χ1n) is 7.74. The molecule has 1 aromatic carbocycles. The highest BCUT2D eigenvalue weighted by Crippen LogP contribution is 2.24. The molecule has 0 fully saturated rings. The molecule has 1 aromatic rings. The third kappa shape index (κ3) is 5.91. The number of nitrogens with one attached hydrogen (secondary N) is 2. The van der Waals surface area contributed by atoms with E-state index < -0.39 is 12.6 Å². The summed E-state index contributed by atoms with van der Waals surface area (Å²) in [7, 11) is 0. The number of hydrogen-bond donors (Lipinski definition) is 3. The lowest BCUT2D eigenvalue weighted by Crippen LogP contribution is -2.36. The average molecular weight is 336 g/mol. The first kappa shape index (κ1) is 19.5. The van der Waals surface area contributed by atoms with E-state index in [2.05, 4.69) is 10.6 Å². The zero-order valence-electron chi connectivity index (χ0n) is 14.4. The Hall–Kier alpha value is -2.57. The van der Waals surface area contributed by atoms with Gasteiger partial charge in [0.2, 0.25) is 5.91 Å². The van der Waals surface area contributed by atoms with Gasteiger partial charge in [-0.1, -0.05) is 13.8 Å². The van der Waals surface area contributed by atoms with Gasteiger partial charge in [0.25, 0.3) is 5.91 Å². The minimum absolute atomic E-state index is 0.0594. The molecule has 0 saturated carbocycles. The van der Waals surface area contributed by atoms with Crippen LogP contribution in [0, 0.1) is 19.8 Å². The van der Waals surface area contributed by atoms with Crippen molar-refractivity contribution < 1.29 is 24.2 Å². The van der Waals surface area contributed by atoms with E-state index in [1.807, 2.05) is 0 Å². The standard InChI is InChI=1S/C17H24N2O5/c1-10(2)16(22)18-5-6-19-17(23)13-7-11(3)15(12(4)8-13)24-9-14(20)21/h7-8,10H,5-6,9H2,1-4H3,(H,18,22)(H,19,23)(H,20,21). The zero-order valence-corrected chi connectivity index (χ0v) is 14.4. The fraction of sp³-hybridized carbons (Fsp3) is 0.471.